The number of halogens is 4. The molecule has 0 saturated heterocycles. The minimum atomic E-state index is -3.17. The molecule has 1 unspecified atom stereocenters. The molecule has 0 bridgehead atoms. The summed E-state index contributed by atoms with van der Waals surface area (Å²) in [6.07, 6.45) is 6.69. The van der Waals surface area contributed by atoms with E-state index in [1.807, 2.05) is 45.9 Å². The Morgan fingerprint density at radius 2 is 1.79 bits per heavy atom. The molecule has 39 heavy (non-hydrogen) atoms. The number of aryl methyl sites for hydroxylation is 2. The van der Waals surface area contributed by atoms with E-state index in [4.69, 9.17) is 31.3 Å². The van der Waals surface area contributed by atoms with Crippen LogP contribution in [-0.2, 0) is 9.53 Å². The van der Waals surface area contributed by atoms with Crippen molar-refractivity contribution >= 4 is 23.3 Å². The molecule has 0 aliphatic rings. The lowest BCUT2D eigenvalue weighted by atomic mass is 10.0. The van der Waals surface area contributed by atoms with Crippen molar-refractivity contribution in [2.24, 2.45) is 0 Å². The molecule has 0 aromatic heterocycles. The van der Waals surface area contributed by atoms with Crippen LogP contribution in [0.2, 0.25) is 0 Å². The molecule has 2 aromatic carbocycles. The van der Waals surface area contributed by atoms with E-state index < -0.39 is 18.7 Å². The Morgan fingerprint density at radius 3 is 2.26 bits per heavy atom. The predicted molar refractivity (Wildman–Crippen MR) is 150 cm³/mol. The van der Waals surface area contributed by atoms with E-state index in [-0.39, 0.29) is 5.82 Å². The van der Waals surface area contributed by atoms with Crippen LogP contribution < -0.4 is 4.74 Å². The number of carbonyl (C=O) groups is 1. The second-order valence-corrected chi connectivity index (χ2v) is 8.51. The van der Waals surface area contributed by atoms with Gasteiger partial charge in [0.15, 0.2) is 6.10 Å². The fourth-order valence-electron chi connectivity index (χ4n) is 2.99. The predicted octanol–water partition coefficient (Wildman–Crippen LogP) is 8.20. The summed E-state index contributed by atoms with van der Waals surface area (Å²) in [5.74, 6) is 1.17. The number of allylic oxidation sites excluding steroid dienone is 5. The van der Waals surface area contributed by atoms with Gasteiger partial charge in [0.25, 0.3) is 0 Å². The first-order valence-electron chi connectivity index (χ1n) is 12.0. The lowest BCUT2D eigenvalue weighted by Gasteiger charge is -2.15. The SMILES string of the molecule is C=C/C=C(\C=C/CCl)OC(=C(C)C)c1ccc(F)cc1C.CCC(Oc1cccc(C)c1)C(=O)O.OC(F)F. The lowest BCUT2D eigenvalue weighted by Crippen LogP contribution is -2.25. The smallest absolute Gasteiger partial charge is 0.344 e. The summed E-state index contributed by atoms with van der Waals surface area (Å²) < 4.78 is 44.3. The van der Waals surface area contributed by atoms with Gasteiger partial charge in [-0.25, -0.2) is 9.18 Å². The number of aliphatic carboxylic acids is 1. The second-order valence-electron chi connectivity index (χ2n) is 8.20. The van der Waals surface area contributed by atoms with Crippen molar-refractivity contribution in [2.45, 2.75) is 53.8 Å². The Hall–Kier alpha value is -3.49. The molecular weight excluding hydrogens is 533 g/mol. The van der Waals surface area contributed by atoms with Crippen LogP contribution in [0.4, 0.5) is 13.2 Å². The van der Waals surface area contributed by atoms with Gasteiger partial charge in [-0.2, -0.15) is 8.78 Å². The molecule has 0 radical (unpaired) electrons. The summed E-state index contributed by atoms with van der Waals surface area (Å²) in [6.45, 7) is 10.00. The fourth-order valence-corrected chi connectivity index (χ4v) is 3.08. The van der Waals surface area contributed by atoms with E-state index in [2.05, 4.69) is 6.58 Å². The Bertz CT molecular complexity index is 1140. The van der Waals surface area contributed by atoms with Crippen molar-refractivity contribution in [2.75, 3.05) is 5.88 Å². The molecule has 1 atom stereocenters. The van der Waals surface area contributed by atoms with Crippen LogP contribution in [0.15, 0.2) is 84.7 Å². The van der Waals surface area contributed by atoms with Crippen LogP contribution in [0.5, 0.6) is 5.75 Å². The van der Waals surface area contributed by atoms with Gasteiger partial charge < -0.3 is 19.7 Å². The highest BCUT2D eigenvalue weighted by molar-refractivity contribution is 6.18. The van der Waals surface area contributed by atoms with E-state index in [9.17, 15) is 18.0 Å². The van der Waals surface area contributed by atoms with E-state index in [1.54, 1.807) is 43.4 Å². The topological polar surface area (TPSA) is 76.0 Å². The van der Waals surface area contributed by atoms with Gasteiger partial charge in [-0.15, -0.1) is 11.6 Å². The molecule has 0 fully saturated rings. The average molecular weight is 569 g/mol. The van der Waals surface area contributed by atoms with Crippen molar-refractivity contribution in [1.29, 1.82) is 0 Å². The number of alkyl halides is 3. The van der Waals surface area contributed by atoms with Crippen molar-refractivity contribution < 1.29 is 37.7 Å². The molecule has 2 rings (SSSR count). The molecule has 0 aliphatic heterocycles. The van der Waals surface area contributed by atoms with Gasteiger partial charge in [-0.1, -0.05) is 37.8 Å². The molecule has 2 N–H and O–H groups in total. The molecule has 0 saturated carbocycles. The summed E-state index contributed by atoms with van der Waals surface area (Å²) >= 11 is 5.66. The quantitative estimate of drug-likeness (QED) is 0.172. The molecule has 5 nitrogen and oxygen atoms in total. The first-order chi connectivity index (χ1) is 18.4. The molecule has 0 heterocycles. The number of rotatable bonds is 10. The maximum absolute atomic E-state index is 13.3. The average Bonchev–Trinajstić information content (AvgIpc) is 2.84. The zero-order chi connectivity index (χ0) is 30.0. The number of benzene rings is 2. The molecule has 2 aromatic rings. The zero-order valence-electron chi connectivity index (χ0n) is 22.8. The first kappa shape index (κ1) is 35.5. The normalized spacial score (nSPS) is 11.5. The summed E-state index contributed by atoms with van der Waals surface area (Å²) in [6, 6.07) is 12.0. The number of carboxylic acids is 1. The van der Waals surface area contributed by atoms with Gasteiger partial charge in [-0.3, -0.25) is 0 Å². The third-order valence-corrected chi connectivity index (χ3v) is 4.85. The number of ether oxygens (including phenoxy) is 2. The minimum Gasteiger partial charge on any atom is -0.479 e. The van der Waals surface area contributed by atoms with Crippen LogP contribution in [0.25, 0.3) is 5.76 Å². The van der Waals surface area contributed by atoms with Gasteiger partial charge >= 0.3 is 12.6 Å². The maximum Gasteiger partial charge on any atom is 0.344 e. The van der Waals surface area contributed by atoms with Crippen LogP contribution in [-0.4, -0.2) is 34.8 Å². The Kier molecular flexibility index (Phi) is 17.8. The van der Waals surface area contributed by atoms with Crippen LogP contribution in [0, 0.1) is 19.7 Å². The fraction of sp³-hybridized carbons (Fsp3) is 0.300. The number of aliphatic hydroxyl groups excluding tert-OH is 1. The summed E-state index contributed by atoms with van der Waals surface area (Å²) in [5, 5.41) is 15.5. The van der Waals surface area contributed by atoms with E-state index in [1.165, 1.54) is 12.1 Å². The molecule has 214 valence electrons. The Morgan fingerprint density at radius 1 is 1.15 bits per heavy atom. The molecule has 0 aliphatic carbocycles. The zero-order valence-corrected chi connectivity index (χ0v) is 23.5. The van der Waals surface area contributed by atoms with Gasteiger partial charge in [0.1, 0.15) is 23.1 Å². The van der Waals surface area contributed by atoms with Gasteiger partial charge in [0.2, 0.25) is 0 Å². The van der Waals surface area contributed by atoms with Crippen molar-refractivity contribution in [1.82, 2.24) is 0 Å². The Balaban J connectivity index is 0.000000689. The summed E-state index contributed by atoms with van der Waals surface area (Å²) in [7, 11) is 0. The van der Waals surface area contributed by atoms with Crippen molar-refractivity contribution in [3.63, 3.8) is 0 Å². The molecule has 0 amide bonds. The summed E-state index contributed by atoms with van der Waals surface area (Å²) in [5.41, 5.74) is 3.75. The van der Waals surface area contributed by atoms with Gasteiger partial charge in [0, 0.05) is 11.4 Å². The van der Waals surface area contributed by atoms with Gasteiger partial charge in [0.05, 0.1) is 0 Å². The van der Waals surface area contributed by atoms with Crippen LogP contribution in [0.1, 0.15) is 43.9 Å². The largest absolute Gasteiger partial charge is 0.479 e. The lowest BCUT2D eigenvalue weighted by molar-refractivity contribution is -0.145. The number of hydrogen-bond acceptors (Lipinski definition) is 4. The van der Waals surface area contributed by atoms with Crippen LogP contribution in [0.3, 0.4) is 0 Å². The maximum atomic E-state index is 13.3. The first-order valence-corrected chi connectivity index (χ1v) is 12.5. The van der Waals surface area contributed by atoms with E-state index in [0.717, 1.165) is 22.3 Å². The van der Waals surface area contributed by atoms with Crippen molar-refractivity contribution in [3.8, 4) is 5.75 Å². The highest BCUT2D eigenvalue weighted by Crippen LogP contribution is 2.27. The highest BCUT2D eigenvalue weighted by atomic mass is 35.5. The molecule has 9 heteroatoms. The minimum absolute atomic E-state index is 0.256. The van der Waals surface area contributed by atoms with E-state index in [0.29, 0.717) is 29.6 Å². The monoisotopic (exact) mass is 568 g/mol. The number of hydrogen-bond donors (Lipinski definition) is 2. The number of aliphatic hydroxyl groups is 1. The highest BCUT2D eigenvalue weighted by Gasteiger charge is 2.16. The standard InChI is InChI=1S/C18H20ClFO.C11H14O3.CH2F2O/c1-5-7-16(8-6-11-19)21-18(13(2)3)17-10-9-15(20)12-14(17)4;1-3-10(11(12)13)14-9-6-4-5-8(2)7-9;2-1(3)4/h5-10,12H,1,11H2,2-4H3;4-7,10H,3H2,1-2H3,(H,12,13);1,4H/b8-6-,16-7+;;. The molecular formula is C30H36ClF3O5. The molecule has 0 spiro atoms. The third kappa shape index (κ3) is 15.5. The van der Waals surface area contributed by atoms with Crippen molar-refractivity contribution in [3.05, 3.63) is 107 Å². The Labute approximate surface area is 233 Å². The van der Waals surface area contributed by atoms with E-state index >= 15 is 0 Å². The van der Waals surface area contributed by atoms with Gasteiger partial charge in [-0.05, 0) is 93.3 Å². The van der Waals surface area contributed by atoms with Crippen LogP contribution >= 0.6 is 11.6 Å². The second kappa shape index (κ2) is 19.6. The third-order valence-electron chi connectivity index (χ3n) is 4.67. The summed E-state index contributed by atoms with van der Waals surface area (Å²) in [4.78, 5) is 10.7. The number of carboxylic acid groups (broad SMARTS) is 1.